The number of aromatic amines is 1. The van der Waals surface area contributed by atoms with Gasteiger partial charge in [-0.15, -0.1) is 5.10 Å². The first-order valence-corrected chi connectivity index (χ1v) is 5.73. The topological polar surface area (TPSA) is 54.5 Å². The Hall–Kier alpha value is -1.07. The van der Waals surface area contributed by atoms with Gasteiger partial charge in [0.05, 0.1) is 5.69 Å². The Morgan fingerprint density at radius 3 is 2.93 bits per heavy atom. The van der Waals surface area contributed by atoms with Crippen molar-refractivity contribution in [2.45, 2.75) is 17.8 Å². The fourth-order valence-electron chi connectivity index (χ4n) is 1.06. The molecule has 0 bridgehead atoms. The highest BCUT2D eigenvalue weighted by atomic mass is 35.5. The van der Waals surface area contributed by atoms with Gasteiger partial charge in [0.15, 0.2) is 0 Å². The Morgan fingerprint density at radius 2 is 2.27 bits per heavy atom. The minimum Gasteiger partial charge on any atom is -0.262 e. The molecule has 4 nitrogen and oxygen atoms in total. The van der Waals surface area contributed by atoms with Crippen molar-refractivity contribution in [1.82, 2.24) is 20.2 Å². The zero-order chi connectivity index (χ0) is 10.7. The lowest BCUT2D eigenvalue weighted by molar-refractivity contribution is 0.968. The van der Waals surface area contributed by atoms with Gasteiger partial charge in [-0.25, -0.2) is 9.97 Å². The van der Waals surface area contributed by atoms with E-state index in [4.69, 9.17) is 11.6 Å². The smallest absolute Gasteiger partial charge is 0.208 e. The predicted molar refractivity (Wildman–Crippen MR) is 59.9 cm³/mol. The van der Waals surface area contributed by atoms with Crippen LogP contribution in [-0.4, -0.2) is 20.2 Å². The lowest BCUT2D eigenvalue weighted by Gasteiger charge is -1.97. The summed E-state index contributed by atoms with van der Waals surface area (Å²) < 4.78 is 0. The van der Waals surface area contributed by atoms with Crippen LogP contribution in [0.2, 0.25) is 5.15 Å². The first kappa shape index (κ1) is 10.4. The predicted octanol–water partition coefficient (Wildman–Crippen LogP) is 2.45. The van der Waals surface area contributed by atoms with Gasteiger partial charge in [0, 0.05) is 5.75 Å². The van der Waals surface area contributed by atoms with Crippen molar-refractivity contribution in [2.75, 3.05) is 0 Å². The highest BCUT2D eigenvalue weighted by Crippen LogP contribution is 2.18. The number of rotatable bonds is 3. The van der Waals surface area contributed by atoms with E-state index in [1.54, 1.807) is 6.07 Å². The highest BCUT2D eigenvalue weighted by Gasteiger charge is 2.02. The second kappa shape index (κ2) is 4.63. The third-order valence-electron chi connectivity index (χ3n) is 1.70. The van der Waals surface area contributed by atoms with E-state index in [2.05, 4.69) is 20.2 Å². The number of thioether (sulfide) groups is 1. The minimum absolute atomic E-state index is 0.513. The zero-order valence-corrected chi connectivity index (χ0v) is 9.64. The van der Waals surface area contributed by atoms with Crippen LogP contribution in [-0.2, 0) is 5.75 Å². The average molecular weight is 241 g/mol. The molecular formula is C9H9ClN4S. The number of nitrogens with one attached hydrogen (secondary N) is 1. The SMILES string of the molecule is Cc1nc(SCc2cccc(Cl)n2)n[nH]1. The van der Waals surface area contributed by atoms with Crippen molar-refractivity contribution in [3.05, 3.63) is 34.9 Å². The van der Waals surface area contributed by atoms with E-state index in [9.17, 15) is 0 Å². The van der Waals surface area contributed by atoms with Crippen LogP contribution in [0.4, 0.5) is 0 Å². The second-order valence-electron chi connectivity index (χ2n) is 2.94. The Labute approximate surface area is 96.5 Å². The van der Waals surface area contributed by atoms with E-state index in [0.29, 0.717) is 5.15 Å². The molecule has 0 amide bonds. The molecule has 0 fully saturated rings. The Bertz CT molecular complexity index is 457. The Morgan fingerprint density at radius 1 is 1.40 bits per heavy atom. The molecule has 78 valence electrons. The molecule has 0 aliphatic heterocycles. The second-order valence-corrected chi connectivity index (χ2v) is 4.27. The van der Waals surface area contributed by atoms with Gasteiger partial charge < -0.3 is 0 Å². The van der Waals surface area contributed by atoms with Crippen LogP contribution in [0.25, 0.3) is 0 Å². The lowest BCUT2D eigenvalue weighted by Crippen LogP contribution is -1.87. The van der Waals surface area contributed by atoms with Crippen LogP contribution >= 0.6 is 23.4 Å². The summed E-state index contributed by atoms with van der Waals surface area (Å²) in [5.74, 6) is 1.54. The molecule has 0 spiro atoms. The lowest BCUT2D eigenvalue weighted by atomic mass is 10.4. The van der Waals surface area contributed by atoms with E-state index in [1.165, 1.54) is 11.8 Å². The van der Waals surface area contributed by atoms with Crippen LogP contribution in [0, 0.1) is 6.92 Å². The summed E-state index contributed by atoms with van der Waals surface area (Å²) in [5.41, 5.74) is 0.926. The average Bonchev–Trinajstić information content (AvgIpc) is 2.62. The number of aromatic nitrogens is 4. The number of H-pyrrole nitrogens is 1. The fourth-order valence-corrected chi connectivity index (χ4v) is 1.99. The van der Waals surface area contributed by atoms with Crippen LogP contribution in [0.3, 0.4) is 0 Å². The number of halogens is 1. The number of nitrogens with zero attached hydrogens (tertiary/aromatic N) is 3. The maximum absolute atomic E-state index is 5.77. The minimum atomic E-state index is 0.513. The quantitative estimate of drug-likeness (QED) is 0.662. The Balaban J connectivity index is 1.99. The molecule has 0 radical (unpaired) electrons. The van der Waals surface area contributed by atoms with Crippen LogP contribution in [0.15, 0.2) is 23.4 Å². The molecule has 0 unspecified atom stereocenters. The largest absolute Gasteiger partial charge is 0.262 e. The van der Waals surface area contributed by atoms with Crippen molar-refractivity contribution >= 4 is 23.4 Å². The maximum Gasteiger partial charge on any atom is 0.208 e. The molecule has 1 N–H and O–H groups in total. The summed E-state index contributed by atoms with van der Waals surface area (Å²) in [5, 5.41) is 8.05. The van der Waals surface area contributed by atoms with E-state index < -0.39 is 0 Å². The molecule has 0 atom stereocenters. The first-order valence-electron chi connectivity index (χ1n) is 4.37. The van der Waals surface area contributed by atoms with Gasteiger partial charge in [0.2, 0.25) is 5.16 Å². The zero-order valence-electron chi connectivity index (χ0n) is 8.07. The monoisotopic (exact) mass is 240 g/mol. The van der Waals surface area contributed by atoms with E-state index >= 15 is 0 Å². The van der Waals surface area contributed by atoms with Crippen LogP contribution < -0.4 is 0 Å². The number of aryl methyl sites for hydroxylation is 1. The normalized spacial score (nSPS) is 10.5. The molecule has 2 heterocycles. The molecule has 6 heteroatoms. The molecule has 0 saturated carbocycles. The van der Waals surface area contributed by atoms with E-state index in [1.807, 2.05) is 19.1 Å². The fraction of sp³-hybridized carbons (Fsp3) is 0.222. The van der Waals surface area contributed by atoms with Crippen molar-refractivity contribution in [3.63, 3.8) is 0 Å². The molecule has 0 saturated heterocycles. The van der Waals surface area contributed by atoms with Gasteiger partial charge in [0.25, 0.3) is 0 Å². The summed E-state index contributed by atoms with van der Waals surface area (Å²) in [4.78, 5) is 8.36. The van der Waals surface area contributed by atoms with Crippen molar-refractivity contribution in [3.8, 4) is 0 Å². The molecule has 2 rings (SSSR count). The molecule has 0 aliphatic carbocycles. The van der Waals surface area contributed by atoms with Crippen molar-refractivity contribution in [1.29, 1.82) is 0 Å². The van der Waals surface area contributed by atoms with Crippen molar-refractivity contribution < 1.29 is 0 Å². The number of hydrogen-bond acceptors (Lipinski definition) is 4. The van der Waals surface area contributed by atoms with E-state index in [-0.39, 0.29) is 0 Å². The van der Waals surface area contributed by atoms with E-state index in [0.717, 1.165) is 22.4 Å². The van der Waals surface area contributed by atoms with Gasteiger partial charge in [-0.05, 0) is 19.1 Å². The summed E-state index contributed by atoms with van der Waals surface area (Å²) >= 11 is 7.30. The third-order valence-corrected chi connectivity index (χ3v) is 2.79. The molecule has 15 heavy (non-hydrogen) atoms. The van der Waals surface area contributed by atoms with Crippen molar-refractivity contribution in [2.24, 2.45) is 0 Å². The molecule has 2 aromatic heterocycles. The third kappa shape index (κ3) is 2.94. The van der Waals surface area contributed by atoms with Crippen LogP contribution in [0.1, 0.15) is 11.5 Å². The van der Waals surface area contributed by atoms with Gasteiger partial charge in [-0.2, -0.15) is 0 Å². The summed E-state index contributed by atoms with van der Waals surface area (Å²) in [6, 6.07) is 5.57. The number of pyridine rings is 1. The standard InChI is InChI=1S/C9H9ClN4S/c1-6-11-9(14-13-6)15-5-7-3-2-4-8(10)12-7/h2-4H,5H2,1H3,(H,11,13,14). The summed E-state index contributed by atoms with van der Waals surface area (Å²) in [6.07, 6.45) is 0. The summed E-state index contributed by atoms with van der Waals surface area (Å²) in [6.45, 7) is 1.87. The van der Waals surface area contributed by atoms with Crippen LogP contribution in [0.5, 0.6) is 0 Å². The first-order chi connectivity index (χ1) is 7.24. The van der Waals surface area contributed by atoms with Gasteiger partial charge in [-0.1, -0.05) is 29.4 Å². The number of hydrogen-bond donors (Lipinski definition) is 1. The molecule has 0 aromatic carbocycles. The van der Waals surface area contributed by atoms with Gasteiger partial charge in [0.1, 0.15) is 11.0 Å². The maximum atomic E-state index is 5.77. The molecule has 0 aliphatic rings. The van der Waals surface area contributed by atoms with Gasteiger partial charge >= 0.3 is 0 Å². The van der Waals surface area contributed by atoms with Gasteiger partial charge in [-0.3, -0.25) is 5.10 Å². The Kier molecular flexibility index (Phi) is 3.23. The summed E-state index contributed by atoms with van der Waals surface area (Å²) in [7, 11) is 0. The molecular weight excluding hydrogens is 232 g/mol. The highest BCUT2D eigenvalue weighted by molar-refractivity contribution is 7.98. The molecule has 2 aromatic rings.